The van der Waals surface area contributed by atoms with Gasteiger partial charge in [0.2, 0.25) is 0 Å². The molecule has 1 heterocycles. The lowest BCUT2D eigenvalue weighted by atomic mass is 9.47. The van der Waals surface area contributed by atoms with Gasteiger partial charge in [-0.05, 0) is 74.2 Å². The maximum atomic E-state index is 6.17. The summed E-state index contributed by atoms with van der Waals surface area (Å²) in [6.45, 7) is 2.87. The van der Waals surface area contributed by atoms with Gasteiger partial charge in [-0.25, -0.2) is 0 Å². The maximum absolute atomic E-state index is 6.17. The van der Waals surface area contributed by atoms with Gasteiger partial charge in [0.1, 0.15) is 0 Å². The highest BCUT2D eigenvalue weighted by Crippen LogP contribution is 2.63. The van der Waals surface area contributed by atoms with Gasteiger partial charge in [0.05, 0.1) is 12.2 Å². The van der Waals surface area contributed by atoms with Gasteiger partial charge in [-0.3, -0.25) is 4.68 Å². The first-order valence-electron chi connectivity index (χ1n) is 7.89. The summed E-state index contributed by atoms with van der Waals surface area (Å²) in [7, 11) is 0. The second-order valence-corrected chi connectivity index (χ2v) is 7.53. The third-order valence-electron chi connectivity index (χ3n) is 6.07. The summed E-state index contributed by atoms with van der Waals surface area (Å²) in [5.74, 6) is 2.95. The fourth-order valence-electron chi connectivity index (χ4n) is 5.83. The Bertz CT molecular complexity index is 441. The summed E-state index contributed by atoms with van der Waals surface area (Å²) in [4.78, 5) is 0. The van der Waals surface area contributed by atoms with Crippen LogP contribution in [-0.4, -0.2) is 16.3 Å². The van der Waals surface area contributed by atoms with Gasteiger partial charge in [-0.15, -0.1) is 0 Å². The minimum absolute atomic E-state index is 0.426. The molecule has 4 saturated carbocycles. The zero-order chi connectivity index (χ0) is 13.0. The van der Waals surface area contributed by atoms with Crippen molar-refractivity contribution in [2.24, 2.45) is 28.9 Å². The van der Waals surface area contributed by atoms with Gasteiger partial charge in [0.15, 0.2) is 0 Å². The molecule has 1 aromatic rings. The third kappa shape index (κ3) is 1.78. The van der Waals surface area contributed by atoms with Crippen LogP contribution in [0, 0.1) is 30.1 Å². The molecule has 4 aliphatic carbocycles. The lowest BCUT2D eigenvalue weighted by molar-refractivity contribution is -0.0830. The van der Waals surface area contributed by atoms with E-state index in [1.165, 1.54) is 44.1 Å². The molecule has 4 fully saturated rings. The normalized spacial score (nSPS) is 41.7. The van der Waals surface area contributed by atoms with E-state index in [0.29, 0.717) is 11.5 Å². The molecule has 0 spiro atoms. The topological polar surface area (TPSA) is 43.8 Å². The molecule has 5 rings (SSSR count). The van der Waals surface area contributed by atoms with Gasteiger partial charge < -0.3 is 5.73 Å². The summed E-state index contributed by atoms with van der Waals surface area (Å²) in [6.07, 6.45) is 12.9. The first kappa shape index (κ1) is 12.0. The molecule has 1 atom stereocenters. The first-order valence-corrected chi connectivity index (χ1v) is 7.89. The van der Waals surface area contributed by atoms with Crippen molar-refractivity contribution in [3.8, 4) is 0 Å². The van der Waals surface area contributed by atoms with Gasteiger partial charge >= 0.3 is 0 Å². The summed E-state index contributed by atoms with van der Waals surface area (Å²) < 4.78 is 2.18. The molecule has 0 radical (unpaired) electrons. The predicted octanol–water partition coefficient (Wildman–Crippen LogP) is 2.91. The molecule has 0 aliphatic heterocycles. The Morgan fingerprint density at radius 3 is 2.26 bits per heavy atom. The van der Waals surface area contributed by atoms with Crippen LogP contribution >= 0.6 is 0 Å². The van der Waals surface area contributed by atoms with Crippen LogP contribution in [0.25, 0.3) is 0 Å². The molecular formula is C16H25N3. The van der Waals surface area contributed by atoms with E-state index in [4.69, 9.17) is 5.73 Å². The van der Waals surface area contributed by atoms with E-state index in [-0.39, 0.29) is 0 Å². The number of rotatable bonds is 3. The van der Waals surface area contributed by atoms with Crippen molar-refractivity contribution in [1.29, 1.82) is 0 Å². The SMILES string of the molecule is Cc1cnn(C(CN)C23CC4CC(CC(C4)C2)C3)c1. The Labute approximate surface area is 115 Å². The molecular weight excluding hydrogens is 234 g/mol. The third-order valence-corrected chi connectivity index (χ3v) is 6.07. The number of aromatic nitrogens is 2. The largest absolute Gasteiger partial charge is 0.328 e. The highest BCUT2D eigenvalue weighted by atomic mass is 15.3. The maximum Gasteiger partial charge on any atom is 0.0697 e. The number of aryl methyl sites for hydroxylation is 1. The average Bonchev–Trinajstić information content (AvgIpc) is 2.74. The van der Waals surface area contributed by atoms with E-state index in [9.17, 15) is 0 Å². The predicted molar refractivity (Wildman–Crippen MR) is 75.7 cm³/mol. The molecule has 104 valence electrons. The highest BCUT2D eigenvalue weighted by Gasteiger charge is 2.54. The number of hydrogen-bond acceptors (Lipinski definition) is 2. The minimum atomic E-state index is 0.426. The quantitative estimate of drug-likeness (QED) is 0.907. The van der Waals surface area contributed by atoms with Crippen LogP contribution in [0.4, 0.5) is 0 Å². The Hall–Kier alpha value is -0.830. The van der Waals surface area contributed by atoms with Gasteiger partial charge in [0.25, 0.3) is 0 Å². The molecule has 3 heteroatoms. The Morgan fingerprint density at radius 1 is 1.26 bits per heavy atom. The second kappa shape index (κ2) is 4.08. The summed E-state index contributed by atoms with van der Waals surface area (Å²) in [5.41, 5.74) is 7.89. The van der Waals surface area contributed by atoms with Crippen molar-refractivity contribution < 1.29 is 0 Å². The van der Waals surface area contributed by atoms with Crippen LogP contribution in [0.5, 0.6) is 0 Å². The van der Waals surface area contributed by atoms with E-state index in [0.717, 1.165) is 24.3 Å². The van der Waals surface area contributed by atoms with Gasteiger partial charge in [-0.2, -0.15) is 5.10 Å². The van der Waals surface area contributed by atoms with E-state index >= 15 is 0 Å². The van der Waals surface area contributed by atoms with Crippen LogP contribution < -0.4 is 5.73 Å². The molecule has 19 heavy (non-hydrogen) atoms. The zero-order valence-corrected chi connectivity index (χ0v) is 11.9. The van der Waals surface area contributed by atoms with Crippen molar-refractivity contribution >= 4 is 0 Å². The molecule has 4 aliphatic rings. The van der Waals surface area contributed by atoms with Crippen LogP contribution in [0.3, 0.4) is 0 Å². The van der Waals surface area contributed by atoms with Crippen molar-refractivity contribution in [3.05, 3.63) is 18.0 Å². The number of hydrogen-bond donors (Lipinski definition) is 1. The highest BCUT2D eigenvalue weighted by molar-refractivity contribution is 5.08. The van der Waals surface area contributed by atoms with Crippen molar-refractivity contribution in [1.82, 2.24) is 9.78 Å². The first-order chi connectivity index (χ1) is 9.18. The van der Waals surface area contributed by atoms with E-state index in [1.54, 1.807) is 0 Å². The number of nitrogens with two attached hydrogens (primary N) is 1. The van der Waals surface area contributed by atoms with Crippen LogP contribution in [-0.2, 0) is 0 Å². The summed E-state index contributed by atoms with van der Waals surface area (Å²) in [5, 5.41) is 4.58. The monoisotopic (exact) mass is 259 g/mol. The fraction of sp³-hybridized carbons (Fsp3) is 0.812. The summed E-state index contributed by atoms with van der Waals surface area (Å²) in [6, 6.07) is 0.426. The number of nitrogens with zero attached hydrogens (tertiary/aromatic N) is 2. The van der Waals surface area contributed by atoms with Crippen LogP contribution in [0.2, 0.25) is 0 Å². The minimum Gasteiger partial charge on any atom is -0.328 e. The van der Waals surface area contributed by atoms with Crippen LogP contribution in [0.15, 0.2) is 12.4 Å². The van der Waals surface area contributed by atoms with E-state index in [2.05, 4.69) is 22.9 Å². The van der Waals surface area contributed by atoms with Crippen molar-refractivity contribution in [2.75, 3.05) is 6.54 Å². The molecule has 0 saturated heterocycles. The Balaban J connectivity index is 1.69. The van der Waals surface area contributed by atoms with Crippen molar-refractivity contribution in [3.63, 3.8) is 0 Å². The fourth-order valence-corrected chi connectivity index (χ4v) is 5.83. The smallest absolute Gasteiger partial charge is 0.0697 e. The molecule has 4 bridgehead atoms. The second-order valence-electron chi connectivity index (χ2n) is 7.53. The zero-order valence-electron chi connectivity index (χ0n) is 11.9. The summed E-state index contributed by atoms with van der Waals surface area (Å²) >= 11 is 0. The van der Waals surface area contributed by atoms with E-state index < -0.39 is 0 Å². The lowest BCUT2D eigenvalue weighted by Gasteiger charge is -2.59. The molecule has 1 unspecified atom stereocenters. The van der Waals surface area contributed by atoms with Crippen molar-refractivity contribution in [2.45, 2.75) is 51.5 Å². The Morgan fingerprint density at radius 2 is 1.84 bits per heavy atom. The standard InChI is InChI=1S/C16H25N3/c1-11-9-18-19(10-11)15(8-17)16-5-12-2-13(6-16)4-14(3-12)7-16/h9-10,12-15H,2-8,17H2,1H3. The Kier molecular flexibility index (Phi) is 2.57. The van der Waals surface area contributed by atoms with Gasteiger partial charge in [0, 0.05) is 12.7 Å². The van der Waals surface area contributed by atoms with Crippen LogP contribution in [0.1, 0.15) is 50.1 Å². The molecule has 0 aromatic carbocycles. The molecule has 0 amide bonds. The molecule has 2 N–H and O–H groups in total. The molecule has 1 aromatic heterocycles. The van der Waals surface area contributed by atoms with Gasteiger partial charge in [-0.1, -0.05) is 0 Å². The lowest BCUT2D eigenvalue weighted by Crippen LogP contribution is -2.51. The van der Waals surface area contributed by atoms with E-state index in [1.807, 2.05) is 6.20 Å². The molecule has 3 nitrogen and oxygen atoms in total. The average molecular weight is 259 g/mol.